The molecule has 2 aromatic rings. The van der Waals surface area contributed by atoms with Gasteiger partial charge in [-0.3, -0.25) is 9.59 Å². The first-order chi connectivity index (χ1) is 16.5. The number of nitrogens with zero attached hydrogens (tertiary/aromatic N) is 4. The van der Waals surface area contributed by atoms with E-state index in [4.69, 9.17) is 31.0 Å². The molecule has 0 unspecified atom stereocenters. The molecule has 180 valence electrons. The van der Waals surface area contributed by atoms with Gasteiger partial charge in [-0.1, -0.05) is 23.4 Å². The first-order valence-electron chi connectivity index (χ1n) is 11.5. The van der Waals surface area contributed by atoms with Crippen molar-refractivity contribution < 1.29 is 19.1 Å². The van der Waals surface area contributed by atoms with Gasteiger partial charge in [-0.2, -0.15) is 0 Å². The highest BCUT2D eigenvalue weighted by atomic mass is 35.5. The minimum absolute atomic E-state index is 0.00168. The van der Waals surface area contributed by atoms with Gasteiger partial charge in [0.15, 0.2) is 18.2 Å². The van der Waals surface area contributed by atoms with E-state index < -0.39 is 0 Å². The van der Waals surface area contributed by atoms with Gasteiger partial charge in [0.1, 0.15) is 6.10 Å². The van der Waals surface area contributed by atoms with Gasteiger partial charge in [0, 0.05) is 51.8 Å². The van der Waals surface area contributed by atoms with Gasteiger partial charge in [0.2, 0.25) is 0 Å². The van der Waals surface area contributed by atoms with Gasteiger partial charge >= 0.3 is 5.97 Å². The number of aromatic nitrogens is 2. The van der Waals surface area contributed by atoms with Crippen molar-refractivity contribution in [2.45, 2.75) is 32.8 Å². The third-order valence-corrected chi connectivity index (χ3v) is 6.06. The number of hydrogen-bond donors (Lipinski definition) is 1. The molecular weight excluding hydrogens is 458 g/mol. The summed E-state index contributed by atoms with van der Waals surface area (Å²) in [4.78, 5) is 37.2. The molecule has 1 N–H and O–H groups in total. The van der Waals surface area contributed by atoms with E-state index in [0.717, 1.165) is 18.7 Å². The summed E-state index contributed by atoms with van der Waals surface area (Å²) in [5.74, 6) is 6.82. The van der Waals surface area contributed by atoms with E-state index in [9.17, 15) is 9.59 Å². The Kier molecular flexibility index (Phi) is 7.70. The summed E-state index contributed by atoms with van der Waals surface area (Å²) in [7, 11) is 0. The Bertz CT molecular complexity index is 1130. The fourth-order valence-corrected chi connectivity index (χ4v) is 4.26. The molecule has 0 radical (unpaired) electrons. The summed E-state index contributed by atoms with van der Waals surface area (Å²) in [6.45, 7) is 7.23. The maximum absolute atomic E-state index is 12.7. The summed E-state index contributed by atoms with van der Waals surface area (Å²) < 4.78 is 10.4. The van der Waals surface area contributed by atoms with Crippen LogP contribution >= 0.6 is 11.6 Å². The molecular formula is C24H28ClN5O4. The van der Waals surface area contributed by atoms with Crippen LogP contribution < -0.4 is 10.2 Å². The zero-order valence-electron chi connectivity index (χ0n) is 19.4. The highest BCUT2D eigenvalue weighted by Gasteiger charge is 2.31. The van der Waals surface area contributed by atoms with Crippen LogP contribution in [0.15, 0.2) is 12.1 Å². The maximum atomic E-state index is 12.7. The van der Waals surface area contributed by atoms with E-state index in [1.54, 1.807) is 12.1 Å². The molecule has 1 amide bonds. The van der Waals surface area contributed by atoms with Crippen molar-refractivity contribution in [3.63, 3.8) is 0 Å². The second-order valence-corrected chi connectivity index (χ2v) is 8.55. The molecule has 1 atom stereocenters. The average Bonchev–Trinajstić information content (AvgIpc) is 3.37. The van der Waals surface area contributed by atoms with Crippen LogP contribution in [-0.2, 0) is 19.1 Å². The van der Waals surface area contributed by atoms with Crippen LogP contribution in [0.5, 0.6) is 0 Å². The van der Waals surface area contributed by atoms with Crippen molar-refractivity contribution in [3.05, 3.63) is 22.7 Å². The Hall–Kier alpha value is -3.09. The van der Waals surface area contributed by atoms with Crippen molar-refractivity contribution in [3.8, 4) is 11.8 Å². The molecule has 34 heavy (non-hydrogen) atoms. The van der Waals surface area contributed by atoms with Gasteiger partial charge in [-0.15, -0.1) is 0 Å². The number of carbonyl (C=O) groups is 2. The lowest BCUT2D eigenvalue weighted by molar-refractivity contribution is -0.141. The second-order valence-electron chi connectivity index (χ2n) is 8.14. The number of ether oxygens (including phenoxy) is 2. The fraction of sp³-hybridized carbons (Fsp3) is 0.500. The molecule has 2 aliphatic heterocycles. The van der Waals surface area contributed by atoms with E-state index in [1.165, 1.54) is 6.92 Å². The fourth-order valence-electron chi connectivity index (χ4n) is 4.05. The maximum Gasteiger partial charge on any atom is 0.303 e. The van der Waals surface area contributed by atoms with Crippen LogP contribution in [0, 0.1) is 11.8 Å². The molecule has 3 heterocycles. The normalized spacial score (nSPS) is 17.9. The Labute approximate surface area is 203 Å². The van der Waals surface area contributed by atoms with E-state index in [2.05, 4.69) is 22.1 Å². The molecule has 2 saturated heterocycles. The van der Waals surface area contributed by atoms with Crippen LogP contribution in [0.3, 0.4) is 0 Å². The highest BCUT2D eigenvalue weighted by molar-refractivity contribution is 6.32. The van der Waals surface area contributed by atoms with Gasteiger partial charge in [0.05, 0.1) is 16.1 Å². The number of esters is 1. The van der Waals surface area contributed by atoms with E-state index in [1.807, 2.05) is 11.8 Å². The third kappa shape index (κ3) is 5.51. The number of hydrogen-bond acceptors (Lipinski definition) is 8. The summed E-state index contributed by atoms with van der Waals surface area (Å²) in [5, 5.41) is 3.75. The lowest BCUT2D eigenvalue weighted by atomic mass is 10.2. The summed E-state index contributed by atoms with van der Waals surface area (Å²) >= 11 is 6.44. The predicted octanol–water partition coefficient (Wildman–Crippen LogP) is 2.46. The van der Waals surface area contributed by atoms with Crippen LogP contribution in [0.1, 0.15) is 32.3 Å². The first-order valence-corrected chi connectivity index (χ1v) is 11.9. The van der Waals surface area contributed by atoms with E-state index in [-0.39, 0.29) is 24.6 Å². The molecule has 9 nitrogen and oxygen atoms in total. The molecule has 2 aliphatic rings. The minimum atomic E-state index is -0.385. The van der Waals surface area contributed by atoms with Crippen LogP contribution in [0.25, 0.3) is 11.0 Å². The lowest BCUT2D eigenvalue weighted by Crippen LogP contribution is -2.51. The van der Waals surface area contributed by atoms with Gasteiger partial charge in [0.25, 0.3) is 5.91 Å². The quantitative estimate of drug-likeness (QED) is 0.509. The molecule has 4 rings (SSSR count). The van der Waals surface area contributed by atoms with Crippen LogP contribution in [0.2, 0.25) is 5.02 Å². The zero-order valence-corrected chi connectivity index (χ0v) is 20.2. The average molecular weight is 486 g/mol. The lowest BCUT2D eigenvalue weighted by Gasteiger charge is -2.36. The smallest absolute Gasteiger partial charge is 0.303 e. The topological polar surface area (TPSA) is 96.9 Å². The number of benzene rings is 1. The largest absolute Gasteiger partial charge is 0.453 e. The Balaban J connectivity index is 1.54. The summed E-state index contributed by atoms with van der Waals surface area (Å²) in [6.07, 6.45) is 1.45. The number of anilines is 2. The van der Waals surface area contributed by atoms with E-state index >= 15 is 0 Å². The SMILES string of the molecule is CCNc1nc2cc(C#CCOC(C)=O)c(Cl)cc2nc1N1CCN(C(=O)[C@H]2CCCO2)CC1. The van der Waals surface area contributed by atoms with Gasteiger partial charge in [-0.05, 0) is 31.9 Å². The predicted molar refractivity (Wildman–Crippen MR) is 130 cm³/mol. The Morgan fingerprint density at radius 2 is 2.00 bits per heavy atom. The van der Waals surface area contributed by atoms with Crippen molar-refractivity contribution in [2.75, 3.05) is 56.2 Å². The number of fused-ring (bicyclic) bond motifs is 1. The van der Waals surface area contributed by atoms with Crippen LogP contribution in [0.4, 0.5) is 11.6 Å². The van der Waals surface area contributed by atoms with Crippen LogP contribution in [-0.4, -0.2) is 78.8 Å². The highest BCUT2D eigenvalue weighted by Crippen LogP contribution is 2.29. The molecule has 2 fully saturated rings. The van der Waals surface area contributed by atoms with Crippen molar-refractivity contribution in [1.82, 2.24) is 14.9 Å². The Morgan fingerprint density at radius 3 is 2.68 bits per heavy atom. The standard InChI is InChI=1S/C24H28ClN5O4/c1-3-26-22-23(29-8-10-30(11-9-29)24(32)21-7-5-13-34-21)28-20-15-18(25)17(14-19(20)27-22)6-4-12-33-16(2)31/h14-15,21H,3,5,7-13H2,1-2H3,(H,26,27)/t21-/m1/s1. The van der Waals surface area contributed by atoms with Gasteiger partial charge < -0.3 is 24.6 Å². The van der Waals surface area contributed by atoms with Crippen molar-refractivity contribution >= 4 is 46.1 Å². The molecule has 0 spiro atoms. The summed E-state index contributed by atoms with van der Waals surface area (Å²) in [5.41, 5.74) is 1.91. The third-order valence-electron chi connectivity index (χ3n) is 5.75. The number of rotatable bonds is 5. The molecule has 0 aliphatic carbocycles. The molecule has 0 bridgehead atoms. The monoisotopic (exact) mass is 485 g/mol. The molecule has 10 heteroatoms. The number of amides is 1. The minimum Gasteiger partial charge on any atom is -0.453 e. The van der Waals surface area contributed by atoms with E-state index in [0.29, 0.717) is 66.8 Å². The Morgan fingerprint density at radius 1 is 1.24 bits per heavy atom. The van der Waals surface area contributed by atoms with Crippen molar-refractivity contribution in [1.29, 1.82) is 0 Å². The van der Waals surface area contributed by atoms with Gasteiger partial charge in [-0.25, -0.2) is 9.97 Å². The molecule has 1 aromatic heterocycles. The molecule has 1 aromatic carbocycles. The number of carbonyl (C=O) groups excluding carboxylic acids is 2. The number of nitrogens with one attached hydrogen (secondary N) is 1. The van der Waals surface area contributed by atoms with Crippen molar-refractivity contribution in [2.24, 2.45) is 0 Å². The number of piperazine rings is 1. The summed E-state index contributed by atoms with van der Waals surface area (Å²) in [6, 6.07) is 3.53. The first kappa shape index (κ1) is 24.0. The second kappa shape index (κ2) is 10.9. The molecule has 0 saturated carbocycles. The zero-order chi connectivity index (χ0) is 24.1. The number of halogens is 1.